The van der Waals surface area contributed by atoms with Crippen LogP contribution in [0.4, 0.5) is 0 Å². The van der Waals surface area contributed by atoms with Crippen molar-refractivity contribution >= 4 is 39.2 Å². The Hall–Kier alpha value is -0.650. The van der Waals surface area contributed by atoms with E-state index < -0.39 is 0 Å². The summed E-state index contributed by atoms with van der Waals surface area (Å²) in [5.41, 5.74) is 0. The summed E-state index contributed by atoms with van der Waals surface area (Å²) in [5.74, 6) is -0.193. The minimum absolute atomic E-state index is 0.0515. The maximum absolute atomic E-state index is 11.3. The lowest BCUT2D eigenvalue weighted by Crippen LogP contribution is -2.33. The first-order valence-electron chi connectivity index (χ1n) is 4.46. The third-order valence-electron chi connectivity index (χ3n) is 1.66. The van der Waals surface area contributed by atoms with Gasteiger partial charge in [0, 0.05) is 17.0 Å². The summed E-state index contributed by atoms with van der Waals surface area (Å²) in [6.45, 7) is 1.69. The van der Waals surface area contributed by atoms with Gasteiger partial charge in [0.05, 0.1) is 10.4 Å². The number of aliphatic hydroxyl groups is 1. The molecule has 0 saturated heterocycles. The van der Waals surface area contributed by atoms with Crippen LogP contribution in [0.25, 0.3) is 6.08 Å². The fraction of sp³-hybridized carbons (Fsp3) is 0.300. The van der Waals surface area contributed by atoms with Crippen molar-refractivity contribution in [3.05, 3.63) is 26.9 Å². The summed E-state index contributed by atoms with van der Waals surface area (Å²) >= 11 is 4.90. The number of hydrogen-bond acceptors (Lipinski definition) is 3. The van der Waals surface area contributed by atoms with Gasteiger partial charge in [-0.2, -0.15) is 0 Å². The van der Waals surface area contributed by atoms with E-state index in [0.717, 1.165) is 8.66 Å². The molecule has 0 fully saturated rings. The van der Waals surface area contributed by atoms with Gasteiger partial charge in [0.1, 0.15) is 0 Å². The number of hydrogen-bond donors (Lipinski definition) is 2. The molecule has 1 aromatic heterocycles. The van der Waals surface area contributed by atoms with Gasteiger partial charge in [-0.1, -0.05) is 0 Å². The zero-order chi connectivity index (χ0) is 11.3. The largest absolute Gasteiger partial charge is 0.394 e. The van der Waals surface area contributed by atoms with Crippen molar-refractivity contribution in [1.29, 1.82) is 0 Å². The van der Waals surface area contributed by atoms with E-state index in [2.05, 4.69) is 21.2 Å². The first kappa shape index (κ1) is 12.4. The lowest BCUT2D eigenvalue weighted by molar-refractivity contribution is -0.117. The number of carbonyl (C=O) groups is 1. The summed E-state index contributed by atoms with van der Waals surface area (Å²) in [6, 6.07) is 3.64. The molecule has 1 atom stereocenters. The maximum Gasteiger partial charge on any atom is 0.244 e. The molecule has 0 bridgehead atoms. The van der Waals surface area contributed by atoms with E-state index in [1.54, 1.807) is 24.3 Å². The van der Waals surface area contributed by atoms with Gasteiger partial charge < -0.3 is 10.4 Å². The van der Waals surface area contributed by atoms with Gasteiger partial charge in [-0.15, -0.1) is 11.3 Å². The second kappa shape index (κ2) is 6.05. The number of nitrogens with one attached hydrogen (secondary N) is 1. The normalized spacial score (nSPS) is 13.0. The van der Waals surface area contributed by atoms with Gasteiger partial charge in [-0.25, -0.2) is 0 Å². The van der Waals surface area contributed by atoms with E-state index in [1.165, 1.54) is 6.08 Å². The number of halogens is 1. The Morgan fingerprint density at radius 3 is 3.00 bits per heavy atom. The Morgan fingerprint density at radius 1 is 1.73 bits per heavy atom. The molecule has 0 aliphatic carbocycles. The molecule has 2 N–H and O–H groups in total. The Kier molecular flexibility index (Phi) is 5.01. The molecular formula is C10H12BrNO2S. The van der Waals surface area contributed by atoms with Crippen molar-refractivity contribution in [1.82, 2.24) is 5.32 Å². The number of amides is 1. The second-order valence-corrected chi connectivity index (χ2v) is 5.56. The van der Waals surface area contributed by atoms with Crippen molar-refractivity contribution in [3.8, 4) is 0 Å². The highest BCUT2D eigenvalue weighted by Gasteiger charge is 2.02. The second-order valence-electron chi connectivity index (χ2n) is 3.07. The monoisotopic (exact) mass is 289 g/mol. The van der Waals surface area contributed by atoms with Crippen molar-refractivity contribution in [2.24, 2.45) is 0 Å². The van der Waals surface area contributed by atoms with E-state index in [-0.39, 0.29) is 18.6 Å². The quantitative estimate of drug-likeness (QED) is 0.834. The molecule has 0 saturated carbocycles. The zero-order valence-electron chi connectivity index (χ0n) is 8.24. The number of thiophene rings is 1. The molecule has 0 aliphatic rings. The van der Waals surface area contributed by atoms with Crippen LogP contribution in [0, 0.1) is 0 Å². The van der Waals surface area contributed by atoms with Crippen LogP contribution in [0.1, 0.15) is 11.8 Å². The molecule has 0 aliphatic heterocycles. The van der Waals surface area contributed by atoms with Crippen LogP contribution in [-0.4, -0.2) is 23.7 Å². The zero-order valence-corrected chi connectivity index (χ0v) is 10.6. The topological polar surface area (TPSA) is 49.3 Å². The molecule has 1 heterocycles. The Bertz CT molecular complexity index is 362. The van der Waals surface area contributed by atoms with Crippen molar-refractivity contribution in [3.63, 3.8) is 0 Å². The van der Waals surface area contributed by atoms with E-state index in [0.29, 0.717) is 0 Å². The SMILES string of the molecule is C[C@H](CO)NC(=O)C=Cc1ccc(Br)s1. The fourth-order valence-electron chi connectivity index (χ4n) is 0.912. The molecule has 3 nitrogen and oxygen atoms in total. The molecule has 5 heteroatoms. The highest BCUT2D eigenvalue weighted by molar-refractivity contribution is 9.11. The minimum Gasteiger partial charge on any atom is -0.394 e. The van der Waals surface area contributed by atoms with Crippen molar-refractivity contribution in [2.75, 3.05) is 6.61 Å². The average Bonchev–Trinajstić information content (AvgIpc) is 2.61. The maximum atomic E-state index is 11.3. The Balaban J connectivity index is 2.47. The molecule has 0 spiro atoms. The standard InChI is InChI=1S/C10H12BrNO2S/c1-7(6-13)12-10(14)5-3-8-2-4-9(11)15-8/h2-5,7,13H,6H2,1H3,(H,12,14)/t7-/m1/s1. The molecule has 0 unspecified atom stereocenters. The molecule has 1 aromatic rings. The predicted molar refractivity (Wildman–Crippen MR) is 65.7 cm³/mol. The molecule has 1 amide bonds. The van der Waals surface area contributed by atoms with E-state index in [1.807, 2.05) is 12.1 Å². The lowest BCUT2D eigenvalue weighted by Gasteiger charge is -2.07. The summed E-state index contributed by atoms with van der Waals surface area (Å²) in [4.78, 5) is 12.3. The fourth-order valence-corrected chi connectivity index (χ4v) is 2.24. The van der Waals surface area contributed by atoms with Gasteiger partial charge in [0.25, 0.3) is 0 Å². The molecule has 15 heavy (non-hydrogen) atoms. The van der Waals surface area contributed by atoms with Gasteiger partial charge in [-0.05, 0) is 41.1 Å². The highest BCUT2D eigenvalue weighted by atomic mass is 79.9. The Morgan fingerprint density at radius 2 is 2.47 bits per heavy atom. The van der Waals surface area contributed by atoms with Crippen LogP contribution < -0.4 is 5.32 Å². The first-order chi connectivity index (χ1) is 7.11. The van der Waals surface area contributed by atoms with E-state index in [4.69, 9.17) is 5.11 Å². The van der Waals surface area contributed by atoms with Gasteiger partial charge in [-0.3, -0.25) is 4.79 Å². The predicted octanol–water partition coefficient (Wildman–Crippen LogP) is 2.02. The Labute approximate surface area is 101 Å². The molecule has 82 valence electrons. The lowest BCUT2D eigenvalue weighted by atomic mass is 10.3. The summed E-state index contributed by atoms with van der Waals surface area (Å²) in [6.07, 6.45) is 3.21. The van der Waals surface area contributed by atoms with Gasteiger partial charge >= 0.3 is 0 Å². The number of rotatable bonds is 4. The number of aliphatic hydroxyl groups excluding tert-OH is 1. The van der Waals surface area contributed by atoms with E-state index >= 15 is 0 Å². The minimum atomic E-state index is -0.211. The van der Waals surface area contributed by atoms with Gasteiger partial charge in [0.15, 0.2) is 0 Å². The first-order valence-corrected chi connectivity index (χ1v) is 6.07. The molecule has 1 rings (SSSR count). The number of carbonyl (C=O) groups excluding carboxylic acids is 1. The van der Waals surface area contributed by atoms with Crippen molar-refractivity contribution < 1.29 is 9.90 Å². The third kappa shape index (κ3) is 4.59. The van der Waals surface area contributed by atoms with Crippen LogP contribution >= 0.6 is 27.3 Å². The molecule has 0 radical (unpaired) electrons. The highest BCUT2D eigenvalue weighted by Crippen LogP contribution is 2.22. The third-order valence-corrected chi connectivity index (χ3v) is 3.24. The van der Waals surface area contributed by atoms with Gasteiger partial charge in [0.2, 0.25) is 5.91 Å². The van der Waals surface area contributed by atoms with Crippen LogP contribution in [-0.2, 0) is 4.79 Å². The summed E-state index contributed by atoms with van der Waals surface area (Å²) in [7, 11) is 0. The van der Waals surface area contributed by atoms with Crippen LogP contribution in [0.2, 0.25) is 0 Å². The van der Waals surface area contributed by atoms with Crippen LogP contribution in [0.3, 0.4) is 0 Å². The smallest absolute Gasteiger partial charge is 0.244 e. The molecule has 0 aromatic carbocycles. The average molecular weight is 290 g/mol. The van der Waals surface area contributed by atoms with Crippen LogP contribution in [0.15, 0.2) is 22.0 Å². The summed E-state index contributed by atoms with van der Waals surface area (Å²) in [5, 5.41) is 11.4. The van der Waals surface area contributed by atoms with E-state index in [9.17, 15) is 4.79 Å². The summed E-state index contributed by atoms with van der Waals surface area (Å²) < 4.78 is 1.03. The molecular weight excluding hydrogens is 278 g/mol. The van der Waals surface area contributed by atoms with Crippen molar-refractivity contribution in [2.45, 2.75) is 13.0 Å². The van der Waals surface area contributed by atoms with Crippen LogP contribution in [0.5, 0.6) is 0 Å².